The van der Waals surface area contributed by atoms with E-state index in [2.05, 4.69) is 21.8 Å². The second-order valence-corrected chi connectivity index (χ2v) is 8.77. The van der Waals surface area contributed by atoms with Gasteiger partial charge < -0.3 is 4.90 Å². The predicted molar refractivity (Wildman–Crippen MR) is 85.1 cm³/mol. The number of aryl methyl sites for hydroxylation is 1. The molecule has 7 heteroatoms. The summed E-state index contributed by atoms with van der Waals surface area (Å²) in [5, 5.41) is 4.02. The van der Waals surface area contributed by atoms with E-state index in [1.54, 1.807) is 18.7 Å². The highest BCUT2D eigenvalue weighted by Gasteiger charge is 2.42. The van der Waals surface area contributed by atoms with Crippen LogP contribution < -0.4 is 4.72 Å². The molecule has 22 heavy (non-hydrogen) atoms. The number of likely N-dealkylation sites (N-methyl/N-ethyl adjacent to an activating group) is 1. The van der Waals surface area contributed by atoms with E-state index in [0.29, 0.717) is 17.7 Å². The molecule has 2 heterocycles. The number of nitrogens with one attached hydrogen (secondary N) is 1. The van der Waals surface area contributed by atoms with Gasteiger partial charge in [-0.2, -0.15) is 5.10 Å². The van der Waals surface area contributed by atoms with E-state index in [4.69, 9.17) is 0 Å². The van der Waals surface area contributed by atoms with E-state index < -0.39 is 10.0 Å². The predicted octanol–water partition coefficient (Wildman–Crippen LogP) is 1.27. The molecule has 1 saturated carbocycles. The number of sulfonamides is 1. The summed E-state index contributed by atoms with van der Waals surface area (Å²) in [5.41, 5.74) is 1.20. The lowest BCUT2D eigenvalue weighted by Gasteiger charge is -2.51. The normalized spacial score (nSPS) is 25.3. The van der Waals surface area contributed by atoms with Crippen LogP contribution in [0.1, 0.15) is 37.8 Å². The molecular weight excluding hydrogens is 300 g/mol. The zero-order valence-corrected chi connectivity index (χ0v) is 14.5. The second-order valence-electron chi connectivity index (χ2n) is 7.03. The Kier molecular flexibility index (Phi) is 4.07. The van der Waals surface area contributed by atoms with Gasteiger partial charge in [-0.25, -0.2) is 13.1 Å². The highest BCUT2D eigenvalue weighted by Crippen LogP contribution is 2.48. The number of hydrogen-bond acceptors (Lipinski definition) is 4. The Morgan fingerprint density at radius 2 is 2.09 bits per heavy atom. The van der Waals surface area contributed by atoms with Gasteiger partial charge in [-0.3, -0.25) is 4.68 Å². The number of rotatable bonds is 4. The van der Waals surface area contributed by atoms with Crippen LogP contribution >= 0.6 is 0 Å². The van der Waals surface area contributed by atoms with Gasteiger partial charge in [0, 0.05) is 26.2 Å². The summed E-state index contributed by atoms with van der Waals surface area (Å²) < 4.78 is 29.2. The van der Waals surface area contributed by atoms with Crippen molar-refractivity contribution >= 4 is 10.0 Å². The van der Waals surface area contributed by atoms with Gasteiger partial charge in [0.1, 0.15) is 4.90 Å². The maximum Gasteiger partial charge on any atom is 0.244 e. The number of piperidine rings is 1. The van der Waals surface area contributed by atoms with E-state index in [1.165, 1.54) is 31.9 Å². The maximum atomic E-state index is 12.4. The minimum atomic E-state index is -3.47. The van der Waals surface area contributed by atoms with Crippen LogP contribution in [0.2, 0.25) is 0 Å². The molecule has 0 radical (unpaired) electrons. The number of hydrogen-bond donors (Lipinski definition) is 1. The van der Waals surface area contributed by atoms with Crippen molar-refractivity contribution in [2.24, 2.45) is 12.5 Å². The van der Waals surface area contributed by atoms with E-state index in [9.17, 15) is 8.42 Å². The van der Waals surface area contributed by atoms with Crippen LogP contribution in [0.5, 0.6) is 0 Å². The molecule has 1 aromatic heterocycles. The van der Waals surface area contributed by atoms with Crippen LogP contribution in [0, 0.1) is 12.3 Å². The topological polar surface area (TPSA) is 67.2 Å². The molecule has 1 aliphatic carbocycles. The monoisotopic (exact) mass is 326 g/mol. The van der Waals surface area contributed by atoms with Crippen LogP contribution in [-0.4, -0.2) is 49.3 Å². The fourth-order valence-electron chi connectivity index (χ4n) is 3.80. The van der Waals surface area contributed by atoms with Gasteiger partial charge in [0.05, 0.1) is 11.9 Å². The van der Waals surface area contributed by atoms with Crippen LogP contribution in [0.25, 0.3) is 0 Å². The molecule has 0 aromatic carbocycles. The zero-order valence-electron chi connectivity index (χ0n) is 13.7. The fraction of sp³-hybridized carbons (Fsp3) is 0.800. The fourth-order valence-corrected chi connectivity index (χ4v) is 5.07. The van der Waals surface area contributed by atoms with Crippen LogP contribution in [0.15, 0.2) is 11.1 Å². The van der Waals surface area contributed by atoms with Gasteiger partial charge in [-0.1, -0.05) is 6.42 Å². The Balaban J connectivity index is 1.61. The molecule has 1 N–H and O–H groups in total. The molecule has 0 amide bonds. The molecular formula is C15H26N4O2S. The average molecular weight is 326 g/mol. The Labute approximate surface area is 132 Å². The van der Waals surface area contributed by atoms with Crippen molar-refractivity contribution in [1.29, 1.82) is 0 Å². The summed E-state index contributed by atoms with van der Waals surface area (Å²) in [5.74, 6) is 0. The van der Waals surface area contributed by atoms with Gasteiger partial charge in [0.2, 0.25) is 10.0 Å². The average Bonchev–Trinajstić information content (AvgIpc) is 2.76. The van der Waals surface area contributed by atoms with Crippen LogP contribution in [0.4, 0.5) is 0 Å². The van der Waals surface area contributed by atoms with Crippen molar-refractivity contribution in [3.8, 4) is 0 Å². The minimum absolute atomic E-state index is 0.281. The van der Waals surface area contributed by atoms with Crippen molar-refractivity contribution < 1.29 is 8.42 Å². The summed E-state index contributed by atoms with van der Waals surface area (Å²) in [6, 6.07) is 0.290. The lowest BCUT2D eigenvalue weighted by molar-refractivity contribution is 0.00385. The molecule has 1 atom stereocenters. The van der Waals surface area contributed by atoms with Gasteiger partial charge in [0.15, 0.2) is 0 Å². The zero-order chi connectivity index (χ0) is 16.0. The van der Waals surface area contributed by atoms with Crippen molar-refractivity contribution in [1.82, 2.24) is 19.4 Å². The Morgan fingerprint density at radius 3 is 2.59 bits per heavy atom. The lowest BCUT2D eigenvalue weighted by Crippen LogP contribution is -2.53. The van der Waals surface area contributed by atoms with E-state index in [0.717, 1.165) is 13.0 Å². The molecule has 2 fully saturated rings. The van der Waals surface area contributed by atoms with Crippen molar-refractivity contribution in [3.63, 3.8) is 0 Å². The molecule has 6 nitrogen and oxygen atoms in total. The van der Waals surface area contributed by atoms with Crippen molar-refractivity contribution in [2.45, 2.75) is 50.0 Å². The number of likely N-dealkylation sites (tertiary alicyclic amines) is 1. The molecule has 1 spiro atoms. The molecule has 1 aromatic rings. The SMILES string of the molecule is Cc1c(S(=O)(=O)NCC2CCC3(CCC3)CN2C)cnn1C. The van der Waals surface area contributed by atoms with Crippen molar-refractivity contribution in [2.75, 3.05) is 20.1 Å². The largest absolute Gasteiger partial charge is 0.302 e. The summed E-state index contributed by atoms with van der Waals surface area (Å²) in [6.45, 7) is 3.35. The van der Waals surface area contributed by atoms with Gasteiger partial charge in [-0.05, 0) is 45.1 Å². The number of nitrogens with zero attached hydrogens (tertiary/aromatic N) is 3. The molecule has 3 rings (SSSR count). The summed E-state index contributed by atoms with van der Waals surface area (Å²) in [7, 11) is 0.397. The molecule has 2 aliphatic rings. The Bertz CT molecular complexity index is 648. The summed E-state index contributed by atoms with van der Waals surface area (Å²) in [4.78, 5) is 2.62. The van der Waals surface area contributed by atoms with Gasteiger partial charge in [-0.15, -0.1) is 0 Å². The van der Waals surface area contributed by atoms with Gasteiger partial charge >= 0.3 is 0 Å². The van der Waals surface area contributed by atoms with Crippen LogP contribution in [-0.2, 0) is 17.1 Å². The first-order chi connectivity index (χ1) is 10.3. The maximum absolute atomic E-state index is 12.4. The standard InChI is InChI=1S/C15H26N4O2S/c1-12-14(10-16-19(12)3)22(20,21)17-9-13-5-8-15(6-4-7-15)11-18(13)2/h10,13,17H,4-9,11H2,1-3H3. The third-order valence-electron chi connectivity index (χ3n) is 5.62. The van der Waals surface area contributed by atoms with Crippen LogP contribution in [0.3, 0.4) is 0 Å². The molecule has 1 saturated heterocycles. The first-order valence-corrected chi connectivity index (χ1v) is 9.50. The summed E-state index contributed by atoms with van der Waals surface area (Å²) >= 11 is 0. The molecule has 124 valence electrons. The Morgan fingerprint density at radius 1 is 1.36 bits per heavy atom. The third kappa shape index (κ3) is 2.81. The highest BCUT2D eigenvalue weighted by atomic mass is 32.2. The molecule has 1 unspecified atom stereocenters. The smallest absolute Gasteiger partial charge is 0.244 e. The Hall–Kier alpha value is -0.920. The number of aromatic nitrogens is 2. The molecule has 1 aliphatic heterocycles. The second kappa shape index (κ2) is 5.62. The van der Waals surface area contributed by atoms with E-state index >= 15 is 0 Å². The molecule has 0 bridgehead atoms. The first kappa shape index (κ1) is 16.0. The minimum Gasteiger partial charge on any atom is -0.302 e. The first-order valence-electron chi connectivity index (χ1n) is 8.02. The quantitative estimate of drug-likeness (QED) is 0.905. The van der Waals surface area contributed by atoms with E-state index in [-0.39, 0.29) is 10.9 Å². The van der Waals surface area contributed by atoms with Gasteiger partial charge in [0.25, 0.3) is 0 Å². The lowest BCUT2D eigenvalue weighted by atomic mass is 9.63. The van der Waals surface area contributed by atoms with E-state index in [1.807, 2.05) is 0 Å². The highest BCUT2D eigenvalue weighted by molar-refractivity contribution is 7.89. The third-order valence-corrected chi connectivity index (χ3v) is 7.15. The summed E-state index contributed by atoms with van der Waals surface area (Å²) in [6.07, 6.45) is 7.76. The van der Waals surface area contributed by atoms with Crippen molar-refractivity contribution in [3.05, 3.63) is 11.9 Å².